The van der Waals surface area contributed by atoms with Gasteiger partial charge in [0.05, 0.1) is 11.6 Å². The Morgan fingerprint density at radius 1 is 1.22 bits per heavy atom. The summed E-state index contributed by atoms with van der Waals surface area (Å²) in [6.45, 7) is 4.39. The predicted octanol–water partition coefficient (Wildman–Crippen LogP) is 4.30. The average molecular weight is 337 g/mol. The van der Waals surface area contributed by atoms with Crippen molar-refractivity contribution in [2.24, 2.45) is 0 Å². The highest BCUT2D eigenvalue weighted by Gasteiger charge is 2.07. The Morgan fingerprint density at radius 3 is 2.57 bits per heavy atom. The molecule has 0 fully saturated rings. The number of benzene rings is 2. The fourth-order valence-corrected chi connectivity index (χ4v) is 2.31. The van der Waals surface area contributed by atoms with Crippen molar-refractivity contribution in [1.29, 1.82) is 0 Å². The van der Waals surface area contributed by atoms with Gasteiger partial charge in [0.15, 0.2) is 0 Å². The van der Waals surface area contributed by atoms with Crippen LogP contribution >= 0.6 is 11.6 Å². The summed E-state index contributed by atoms with van der Waals surface area (Å²) < 4.78 is 18.3. The molecule has 0 aliphatic carbocycles. The summed E-state index contributed by atoms with van der Waals surface area (Å²) in [5.41, 5.74) is 2.79. The summed E-state index contributed by atoms with van der Waals surface area (Å²) in [6, 6.07) is 9.39. The van der Waals surface area contributed by atoms with Crippen LogP contribution in [0.3, 0.4) is 0 Å². The van der Waals surface area contributed by atoms with Crippen molar-refractivity contribution >= 4 is 23.3 Å². The van der Waals surface area contributed by atoms with Crippen LogP contribution in [0.4, 0.5) is 14.9 Å². The van der Waals surface area contributed by atoms with Gasteiger partial charge in [-0.1, -0.05) is 29.8 Å². The van der Waals surface area contributed by atoms with E-state index in [1.54, 1.807) is 0 Å². The van der Waals surface area contributed by atoms with E-state index in [2.05, 4.69) is 10.6 Å². The van der Waals surface area contributed by atoms with Crippen LogP contribution in [-0.2, 0) is 0 Å². The zero-order chi connectivity index (χ0) is 16.8. The van der Waals surface area contributed by atoms with Crippen LogP contribution in [-0.4, -0.2) is 19.2 Å². The van der Waals surface area contributed by atoms with E-state index in [1.807, 2.05) is 32.0 Å². The maximum atomic E-state index is 12.9. The Kier molecular flexibility index (Phi) is 5.82. The first-order valence-electron chi connectivity index (χ1n) is 7.16. The highest BCUT2D eigenvalue weighted by Crippen LogP contribution is 2.24. The van der Waals surface area contributed by atoms with Crippen LogP contribution in [0.25, 0.3) is 0 Å². The minimum absolute atomic E-state index is 0.199. The summed E-state index contributed by atoms with van der Waals surface area (Å²) in [5.74, 6) is -0.0431. The molecule has 2 rings (SSSR count). The van der Waals surface area contributed by atoms with E-state index in [9.17, 15) is 9.18 Å². The normalized spacial score (nSPS) is 10.3. The van der Waals surface area contributed by atoms with Crippen LogP contribution in [0.15, 0.2) is 36.4 Å². The minimum atomic E-state index is -0.423. The number of urea groups is 1. The lowest BCUT2D eigenvalue weighted by molar-refractivity contribution is 0.247. The lowest BCUT2D eigenvalue weighted by Crippen LogP contribution is -2.32. The fraction of sp³-hybridized carbons (Fsp3) is 0.235. The average Bonchev–Trinajstić information content (AvgIpc) is 2.49. The molecule has 4 nitrogen and oxygen atoms in total. The number of para-hydroxylation sites is 1. The first-order chi connectivity index (χ1) is 11.0. The molecule has 0 radical (unpaired) electrons. The Hall–Kier alpha value is -2.27. The van der Waals surface area contributed by atoms with Crippen LogP contribution in [0.5, 0.6) is 5.75 Å². The summed E-state index contributed by atoms with van der Waals surface area (Å²) in [5, 5.41) is 5.71. The fourth-order valence-electron chi connectivity index (χ4n) is 2.09. The van der Waals surface area contributed by atoms with Crippen molar-refractivity contribution in [2.45, 2.75) is 13.8 Å². The van der Waals surface area contributed by atoms with Crippen LogP contribution in [0.2, 0.25) is 5.02 Å². The van der Waals surface area contributed by atoms with E-state index in [4.69, 9.17) is 16.3 Å². The van der Waals surface area contributed by atoms with Crippen molar-refractivity contribution in [3.8, 4) is 5.75 Å². The van der Waals surface area contributed by atoms with E-state index in [-0.39, 0.29) is 17.7 Å². The molecule has 2 N–H and O–H groups in total. The topological polar surface area (TPSA) is 50.4 Å². The number of aryl methyl sites for hydroxylation is 2. The first-order valence-corrected chi connectivity index (χ1v) is 7.54. The predicted molar refractivity (Wildman–Crippen MR) is 89.8 cm³/mol. The van der Waals surface area contributed by atoms with Crippen molar-refractivity contribution < 1.29 is 13.9 Å². The monoisotopic (exact) mass is 336 g/mol. The molecule has 0 atom stereocenters. The van der Waals surface area contributed by atoms with Crippen molar-refractivity contribution in [3.63, 3.8) is 0 Å². The summed E-state index contributed by atoms with van der Waals surface area (Å²) >= 11 is 5.85. The van der Waals surface area contributed by atoms with E-state index in [0.29, 0.717) is 12.3 Å². The lowest BCUT2D eigenvalue weighted by atomic mass is 10.1. The SMILES string of the molecule is Cc1cccc(C)c1NC(=O)NCCOc1ccc(F)cc1Cl. The molecule has 2 amide bonds. The number of anilines is 1. The number of amides is 2. The van der Waals surface area contributed by atoms with E-state index >= 15 is 0 Å². The summed E-state index contributed by atoms with van der Waals surface area (Å²) in [4.78, 5) is 11.9. The van der Waals surface area contributed by atoms with Gasteiger partial charge in [-0.05, 0) is 43.2 Å². The van der Waals surface area contributed by atoms with Gasteiger partial charge < -0.3 is 15.4 Å². The molecular weight excluding hydrogens is 319 g/mol. The maximum Gasteiger partial charge on any atom is 0.319 e. The highest BCUT2D eigenvalue weighted by molar-refractivity contribution is 6.32. The van der Waals surface area contributed by atoms with Gasteiger partial charge in [0, 0.05) is 5.69 Å². The summed E-state index contributed by atoms with van der Waals surface area (Å²) in [7, 11) is 0. The first kappa shape index (κ1) is 17.1. The van der Waals surface area contributed by atoms with Crippen LogP contribution in [0.1, 0.15) is 11.1 Å². The Bertz CT molecular complexity index is 687. The Morgan fingerprint density at radius 2 is 1.91 bits per heavy atom. The number of carbonyl (C=O) groups is 1. The number of halogens is 2. The molecule has 2 aromatic rings. The zero-order valence-corrected chi connectivity index (χ0v) is 13.7. The molecule has 0 heterocycles. The van der Waals surface area contributed by atoms with Gasteiger partial charge in [-0.15, -0.1) is 0 Å². The molecule has 0 bridgehead atoms. The third-order valence-electron chi connectivity index (χ3n) is 3.26. The van der Waals surface area contributed by atoms with Crippen molar-refractivity contribution in [1.82, 2.24) is 5.32 Å². The molecule has 122 valence electrons. The second-order valence-corrected chi connectivity index (χ2v) is 5.48. The largest absolute Gasteiger partial charge is 0.490 e. The Labute approximate surface area is 139 Å². The van der Waals surface area contributed by atoms with Crippen molar-refractivity contribution in [2.75, 3.05) is 18.5 Å². The van der Waals surface area contributed by atoms with Crippen molar-refractivity contribution in [3.05, 3.63) is 58.4 Å². The summed E-state index contributed by atoms with van der Waals surface area (Å²) in [6.07, 6.45) is 0. The van der Waals surface area contributed by atoms with Crippen LogP contribution in [0, 0.1) is 19.7 Å². The zero-order valence-electron chi connectivity index (χ0n) is 13.0. The third kappa shape index (κ3) is 4.86. The molecule has 0 spiro atoms. The number of hydrogen-bond acceptors (Lipinski definition) is 2. The number of rotatable bonds is 5. The molecule has 0 unspecified atom stereocenters. The van der Waals surface area contributed by atoms with Gasteiger partial charge in [0.25, 0.3) is 0 Å². The number of carbonyl (C=O) groups excluding carboxylic acids is 1. The van der Waals surface area contributed by atoms with Gasteiger partial charge in [-0.25, -0.2) is 9.18 Å². The van der Waals surface area contributed by atoms with E-state index < -0.39 is 5.82 Å². The standard InChI is InChI=1S/C17H18ClFN2O2/c1-11-4-3-5-12(2)16(11)21-17(22)20-8-9-23-15-7-6-13(19)10-14(15)18/h3-7,10H,8-9H2,1-2H3,(H2,20,21,22). The quantitative estimate of drug-likeness (QED) is 0.800. The number of hydrogen-bond donors (Lipinski definition) is 2. The number of ether oxygens (including phenoxy) is 1. The molecule has 23 heavy (non-hydrogen) atoms. The van der Waals surface area contributed by atoms with Gasteiger partial charge in [0.1, 0.15) is 18.2 Å². The van der Waals surface area contributed by atoms with Gasteiger partial charge in [-0.2, -0.15) is 0 Å². The van der Waals surface area contributed by atoms with Gasteiger partial charge in [0.2, 0.25) is 0 Å². The molecule has 0 saturated carbocycles. The minimum Gasteiger partial charge on any atom is -0.490 e. The molecule has 0 aliphatic rings. The van der Waals surface area contributed by atoms with E-state index in [0.717, 1.165) is 16.8 Å². The molecule has 0 aliphatic heterocycles. The molecule has 6 heteroatoms. The maximum absolute atomic E-state index is 12.9. The molecular formula is C17H18ClFN2O2. The second kappa shape index (κ2) is 7.83. The lowest BCUT2D eigenvalue weighted by Gasteiger charge is -2.13. The highest BCUT2D eigenvalue weighted by atomic mass is 35.5. The Balaban J connectivity index is 1.79. The van der Waals surface area contributed by atoms with Crippen LogP contribution < -0.4 is 15.4 Å². The molecule has 2 aromatic carbocycles. The van der Waals surface area contributed by atoms with Gasteiger partial charge >= 0.3 is 6.03 Å². The smallest absolute Gasteiger partial charge is 0.319 e. The number of nitrogens with one attached hydrogen (secondary N) is 2. The second-order valence-electron chi connectivity index (χ2n) is 5.07. The third-order valence-corrected chi connectivity index (χ3v) is 3.55. The molecule has 0 aromatic heterocycles. The van der Waals surface area contributed by atoms with Gasteiger partial charge in [-0.3, -0.25) is 0 Å². The van der Waals surface area contributed by atoms with E-state index in [1.165, 1.54) is 18.2 Å². The molecule has 0 saturated heterocycles.